The van der Waals surface area contributed by atoms with E-state index in [1.54, 1.807) is 0 Å². The largest absolute Gasteiger partial charge is 0.503 e. The highest BCUT2D eigenvalue weighted by atomic mass is 16.5. The highest BCUT2D eigenvalue weighted by Crippen LogP contribution is 1.90. The van der Waals surface area contributed by atoms with Gasteiger partial charge in [-0.1, -0.05) is 0 Å². The Kier molecular flexibility index (Phi) is 7.70. The molecule has 0 unspecified atom stereocenters. The Morgan fingerprint density at radius 3 is 2.62 bits per heavy atom. The van der Waals surface area contributed by atoms with Crippen molar-refractivity contribution in [3.8, 4) is 0 Å². The molecule has 0 aromatic carbocycles. The molecule has 0 aliphatic carbocycles. The summed E-state index contributed by atoms with van der Waals surface area (Å²) in [7, 11) is 2.89. The summed E-state index contributed by atoms with van der Waals surface area (Å²) in [4.78, 5) is 22.5. The average Bonchev–Trinajstić information content (AvgIpc) is 2.24. The quantitative estimate of drug-likeness (QED) is 0.279. The molecule has 0 saturated carbocycles. The van der Waals surface area contributed by atoms with Crippen LogP contribution in [0.25, 0.3) is 0 Å². The molecule has 0 heterocycles. The first-order valence-corrected chi connectivity index (χ1v) is 4.63. The first-order valence-electron chi connectivity index (χ1n) is 4.63. The van der Waals surface area contributed by atoms with Gasteiger partial charge in [-0.25, -0.2) is 0 Å². The molecule has 0 aliphatic heterocycles. The van der Waals surface area contributed by atoms with Crippen LogP contribution >= 0.6 is 0 Å². The molecule has 6 heteroatoms. The average molecular weight is 228 g/mol. The van der Waals surface area contributed by atoms with Gasteiger partial charge in [0.1, 0.15) is 18.6 Å². The van der Waals surface area contributed by atoms with Gasteiger partial charge in [0.25, 0.3) is 0 Å². The number of hydrogen-bond acceptors (Lipinski definition) is 6. The molecule has 90 valence electrons. The van der Waals surface area contributed by atoms with Crippen molar-refractivity contribution in [3.05, 3.63) is 12.5 Å². The van der Waals surface area contributed by atoms with Crippen molar-refractivity contribution in [2.24, 2.45) is 5.10 Å². The molecule has 16 heavy (non-hydrogen) atoms. The number of nitrogens with zero attached hydrogens (tertiary/aromatic N) is 1. The third-order valence-electron chi connectivity index (χ3n) is 1.58. The zero-order chi connectivity index (χ0) is 12.4. The van der Waals surface area contributed by atoms with Gasteiger partial charge >= 0.3 is 0 Å². The van der Waals surface area contributed by atoms with Gasteiger partial charge in [0.15, 0.2) is 11.6 Å². The summed E-state index contributed by atoms with van der Waals surface area (Å²) in [6.07, 6.45) is 2.60. The molecule has 0 aliphatic rings. The fraction of sp³-hybridized carbons (Fsp3) is 0.500. The van der Waals surface area contributed by atoms with Gasteiger partial charge < -0.3 is 9.47 Å². The Morgan fingerprint density at radius 1 is 1.38 bits per heavy atom. The van der Waals surface area contributed by atoms with E-state index in [-0.39, 0.29) is 30.3 Å². The molecule has 0 amide bonds. The van der Waals surface area contributed by atoms with E-state index in [0.29, 0.717) is 0 Å². The topological polar surface area (TPSA) is 77.0 Å². The first-order chi connectivity index (χ1) is 7.61. The molecular weight excluding hydrogens is 212 g/mol. The molecule has 0 saturated heterocycles. The molecule has 1 N–H and O–H groups in total. The van der Waals surface area contributed by atoms with Gasteiger partial charge in [-0.3, -0.25) is 15.0 Å². The van der Waals surface area contributed by atoms with Gasteiger partial charge in [-0.15, -0.1) is 0 Å². The zero-order valence-corrected chi connectivity index (χ0v) is 9.65. The van der Waals surface area contributed by atoms with E-state index in [4.69, 9.17) is 0 Å². The van der Waals surface area contributed by atoms with Gasteiger partial charge in [-0.2, -0.15) is 5.10 Å². The van der Waals surface area contributed by atoms with Crippen LogP contribution in [-0.2, 0) is 19.1 Å². The van der Waals surface area contributed by atoms with Crippen molar-refractivity contribution in [1.29, 1.82) is 0 Å². The number of nitrogens with one attached hydrogen (secondary N) is 1. The van der Waals surface area contributed by atoms with Crippen LogP contribution in [-0.4, -0.2) is 38.1 Å². The number of Topliss-reactive ketones (excluding diaryl/α,β-unsaturated/α-hetero) is 2. The summed E-state index contributed by atoms with van der Waals surface area (Å²) < 4.78 is 9.23. The summed E-state index contributed by atoms with van der Waals surface area (Å²) in [6.45, 7) is 1.46. The maximum absolute atomic E-state index is 11.4. The predicted molar refractivity (Wildman–Crippen MR) is 58.9 cm³/mol. The van der Waals surface area contributed by atoms with E-state index in [1.165, 1.54) is 33.6 Å². The monoisotopic (exact) mass is 228 g/mol. The van der Waals surface area contributed by atoms with E-state index in [1.807, 2.05) is 0 Å². The third-order valence-corrected chi connectivity index (χ3v) is 1.58. The van der Waals surface area contributed by atoms with E-state index in [9.17, 15) is 9.59 Å². The molecule has 0 fully saturated rings. The van der Waals surface area contributed by atoms with Gasteiger partial charge in [0, 0.05) is 7.11 Å². The number of carbonyl (C=O) groups is 2. The maximum atomic E-state index is 11.4. The Bertz CT molecular complexity index is 297. The Balaban J connectivity index is 4.07. The Labute approximate surface area is 94.3 Å². The van der Waals surface area contributed by atoms with Crippen molar-refractivity contribution >= 4 is 17.3 Å². The van der Waals surface area contributed by atoms with E-state index >= 15 is 0 Å². The van der Waals surface area contributed by atoms with Crippen LogP contribution in [0.5, 0.6) is 0 Å². The number of hydrogen-bond donors (Lipinski definition) is 1. The van der Waals surface area contributed by atoms with E-state index in [2.05, 4.69) is 20.0 Å². The van der Waals surface area contributed by atoms with Crippen molar-refractivity contribution in [1.82, 2.24) is 5.43 Å². The minimum atomic E-state index is -0.333. The fourth-order valence-electron chi connectivity index (χ4n) is 0.814. The van der Waals surface area contributed by atoms with Gasteiger partial charge in [-0.05, 0) is 6.92 Å². The molecule has 0 aromatic rings. The number of hydrazone groups is 1. The minimum Gasteiger partial charge on any atom is -0.503 e. The molecule has 0 atom stereocenters. The van der Waals surface area contributed by atoms with Crippen LogP contribution in [0.4, 0.5) is 0 Å². The van der Waals surface area contributed by atoms with Crippen LogP contribution in [0.1, 0.15) is 13.3 Å². The summed E-state index contributed by atoms with van der Waals surface area (Å²) in [5, 5.41) is 3.73. The van der Waals surface area contributed by atoms with Crippen LogP contribution in [0.15, 0.2) is 17.6 Å². The number of ether oxygens (including phenoxy) is 2. The number of carbonyl (C=O) groups excluding carboxylic acids is 2. The standard InChI is InChI=1S/C10H16N2O4/c1-8(12-11-4-5-15-2)10(14)6-9(13)7-16-3/h4-5,11H,6-7H2,1-3H3/b5-4-,12-8-. The van der Waals surface area contributed by atoms with Gasteiger partial charge in [0.2, 0.25) is 0 Å². The van der Waals surface area contributed by atoms with E-state index in [0.717, 1.165) is 0 Å². The lowest BCUT2D eigenvalue weighted by Crippen LogP contribution is -2.19. The molecule has 6 nitrogen and oxygen atoms in total. The number of ketones is 2. The zero-order valence-electron chi connectivity index (χ0n) is 9.65. The van der Waals surface area contributed by atoms with Crippen LogP contribution in [0.2, 0.25) is 0 Å². The molecule has 0 radical (unpaired) electrons. The molecule has 0 rings (SSSR count). The number of rotatable bonds is 8. The molecule has 0 spiro atoms. The van der Waals surface area contributed by atoms with Crippen molar-refractivity contribution < 1.29 is 19.1 Å². The SMILES string of the molecule is CO/C=C\N/N=C(/C)C(=O)CC(=O)COC. The lowest BCUT2D eigenvalue weighted by molar-refractivity contribution is -0.126. The lowest BCUT2D eigenvalue weighted by Gasteiger charge is -1.99. The highest BCUT2D eigenvalue weighted by Gasteiger charge is 2.11. The van der Waals surface area contributed by atoms with Crippen molar-refractivity contribution in [3.63, 3.8) is 0 Å². The van der Waals surface area contributed by atoms with Gasteiger partial charge in [0.05, 0.1) is 19.7 Å². The van der Waals surface area contributed by atoms with Crippen LogP contribution < -0.4 is 5.43 Å². The van der Waals surface area contributed by atoms with Crippen molar-refractivity contribution in [2.75, 3.05) is 20.8 Å². The minimum absolute atomic E-state index is 0.0595. The van der Waals surface area contributed by atoms with Crippen LogP contribution in [0, 0.1) is 0 Å². The molecular formula is C10H16N2O4. The summed E-state index contributed by atoms with van der Waals surface area (Å²) in [5.74, 6) is -0.602. The summed E-state index contributed by atoms with van der Waals surface area (Å²) in [6, 6.07) is 0. The second-order valence-corrected chi connectivity index (χ2v) is 2.94. The van der Waals surface area contributed by atoms with Crippen molar-refractivity contribution in [2.45, 2.75) is 13.3 Å². The second kappa shape index (κ2) is 8.60. The third kappa shape index (κ3) is 6.72. The highest BCUT2D eigenvalue weighted by molar-refractivity contribution is 6.41. The van der Waals surface area contributed by atoms with E-state index < -0.39 is 0 Å². The Hall–Kier alpha value is -1.69. The van der Waals surface area contributed by atoms with Crippen LogP contribution in [0.3, 0.4) is 0 Å². The summed E-state index contributed by atoms with van der Waals surface area (Å²) in [5.41, 5.74) is 2.72. The Morgan fingerprint density at radius 2 is 2.06 bits per heavy atom. The molecule has 0 bridgehead atoms. The fourth-order valence-corrected chi connectivity index (χ4v) is 0.814. The lowest BCUT2D eigenvalue weighted by atomic mass is 10.1. The predicted octanol–water partition coefficient (Wildman–Crippen LogP) is 0.244. The first kappa shape index (κ1) is 14.3. The number of methoxy groups -OCH3 is 2. The smallest absolute Gasteiger partial charge is 0.185 e. The maximum Gasteiger partial charge on any atom is 0.185 e. The summed E-state index contributed by atoms with van der Waals surface area (Å²) >= 11 is 0. The second-order valence-electron chi connectivity index (χ2n) is 2.94. The molecule has 0 aromatic heterocycles. The normalized spacial score (nSPS) is 11.6.